The van der Waals surface area contributed by atoms with Crippen molar-refractivity contribution in [2.24, 2.45) is 0 Å². The van der Waals surface area contributed by atoms with Crippen LogP contribution in [-0.4, -0.2) is 19.8 Å². The van der Waals surface area contributed by atoms with E-state index in [4.69, 9.17) is 4.74 Å². The monoisotopic (exact) mass is 229 g/mol. The molecule has 0 radical (unpaired) electrons. The lowest BCUT2D eigenvalue weighted by Crippen LogP contribution is -2.31. The van der Waals surface area contributed by atoms with Gasteiger partial charge >= 0.3 is 0 Å². The zero-order valence-corrected chi connectivity index (χ0v) is 9.76. The maximum absolute atomic E-state index is 13.1. The van der Waals surface area contributed by atoms with Gasteiger partial charge in [0.05, 0.1) is 12.1 Å². The zero-order chi connectivity index (χ0) is 12.1. The van der Waals surface area contributed by atoms with Crippen molar-refractivity contribution < 1.29 is 13.5 Å². The fourth-order valence-corrected chi connectivity index (χ4v) is 1.67. The van der Waals surface area contributed by atoms with E-state index in [9.17, 15) is 8.78 Å². The van der Waals surface area contributed by atoms with E-state index in [0.717, 1.165) is 6.07 Å². The third-order valence-corrected chi connectivity index (χ3v) is 2.51. The Morgan fingerprint density at radius 2 is 1.81 bits per heavy atom. The Labute approximate surface area is 94.6 Å². The van der Waals surface area contributed by atoms with Gasteiger partial charge in [0.1, 0.15) is 11.6 Å². The molecule has 0 aromatic heterocycles. The maximum atomic E-state index is 13.1. The number of hydrogen-bond acceptors (Lipinski definition) is 2. The summed E-state index contributed by atoms with van der Waals surface area (Å²) in [7, 11) is 1.57. The average Bonchev–Trinajstić information content (AvgIpc) is 2.23. The van der Waals surface area contributed by atoms with Gasteiger partial charge in [-0.15, -0.1) is 0 Å². The molecule has 2 unspecified atom stereocenters. The summed E-state index contributed by atoms with van der Waals surface area (Å²) in [6.07, 6.45) is -0.152. The first kappa shape index (κ1) is 13.1. The van der Waals surface area contributed by atoms with Gasteiger partial charge in [0.25, 0.3) is 0 Å². The maximum Gasteiger partial charge on any atom is 0.126 e. The van der Waals surface area contributed by atoms with Gasteiger partial charge in [-0.05, 0) is 31.2 Å². The van der Waals surface area contributed by atoms with Crippen LogP contribution >= 0.6 is 0 Å². The summed E-state index contributed by atoms with van der Waals surface area (Å²) in [6.45, 7) is 4.50. The first-order chi connectivity index (χ1) is 7.58. The van der Waals surface area contributed by atoms with E-state index in [2.05, 4.69) is 5.32 Å². The molecule has 1 rings (SSSR count). The highest BCUT2D eigenvalue weighted by Crippen LogP contribution is 2.21. The molecule has 0 aliphatic carbocycles. The van der Waals surface area contributed by atoms with Crippen LogP contribution < -0.4 is 5.32 Å². The van der Waals surface area contributed by atoms with Crippen molar-refractivity contribution in [2.75, 3.05) is 13.7 Å². The first-order valence-electron chi connectivity index (χ1n) is 5.30. The number of nitrogens with one attached hydrogen (secondary N) is 1. The molecule has 0 saturated carbocycles. The largest absolute Gasteiger partial charge is 0.380 e. The topological polar surface area (TPSA) is 21.3 Å². The van der Waals surface area contributed by atoms with Gasteiger partial charge < -0.3 is 10.1 Å². The number of ether oxygens (including phenoxy) is 1. The number of methoxy groups -OCH3 is 1. The molecule has 90 valence electrons. The highest BCUT2D eigenvalue weighted by Gasteiger charge is 2.19. The normalized spacial score (nSPS) is 14.8. The third-order valence-electron chi connectivity index (χ3n) is 2.51. The molecule has 1 N–H and O–H groups in total. The molecular weight excluding hydrogens is 212 g/mol. The summed E-state index contributed by atoms with van der Waals surface area (Å²) in [6, 6.07) is 3.31. The van der Waals surface area contributed by atoms with Crippen molar-refractivity contribution in [3.05, 3.63) is 35.4 Å². The first-order valence-corrected chi connectivity index (χ1v) is 5.30. The van der Waals surface area contributed by atoms with Crippen LogP contribution in [0.5, 0.6) is 0 Å². The van der Waals surface area contributed by atoms with E-state index < -0.39 is 11.6 Å². The van der Waals surface area contributed by atoms with Crippen LogP contribution in [0.25, 0.3) is 0 Å². The van der Waals surface area contributed by atoms with E-state index in [1.54, 1.807) is 7.11 Å². The standard InChI is InChI=1S/C12H17F2NO/c1-4-15-12(8(2)16-3)9-5-10(13)7-11(14)6-9/h5-8,12,15H,4H2,1-3H3. The second-order valence-corrected chi connectivity index (χ2v) is 3.68. The molecule has 0 spiro atoms. The van der Waals surface area contributed by atoms with Gasteiger partial charge in [-0.3, -0.25) is 0 Å². The molecule has 0 aliphatic rings. The van der Waals surface area contributed by atoms with E-state index in [1.807, 2.05) is 13.8 Å². The van der Waals surface area contributed by atoms with Gasteiger partial charge in [-0.2, -0.15) is 0 Å². The second kappa shape index (κ2) is 5.92. The van der Waals surface area contributed by atoms with Crippen LogP contribution in [0.15, 0.2) is 18.2 Å². The molecule has 2 atom stereocenters. The second-order valence-electron chi connectivity index (χ2n) is 3.68. The minimum atomic E-state index is -0.568. The average molecular weight is 229 g/mol. The molecular formula is C12H17F2NO. The van der Waals surface area contributed by atoms with Crippen LogP contribution in [0.4, 0.5) is 8.78 Å². The molecule has 0 amide bonds. The number of rotatable bonds is 5. The Hall–Kier alpha value is -1.00. The zero-order valence-electron chi connectivity index (χ0n) is 9.76. The summed E-state index contributed by atoms with van der Waals surface area (Å²) in [5.41, 5.74) is 0.564. The molecule has 4 heteroatoms. The summed E-state index contributed by atoms with van der Waals surface area (Å²) in [5.74, 6) is -1.14. The van der Waals surface area contributed by atoms with E-state index in [-0.39, 0.29) is 12.1 Å². The number of benzene rings is 1. The predicted octanol–water partition coefficient (Wildman–Crippen LogP) is 2.65. The lowest BCUT2D eigenvalue weighted by atomic mass is 10.0. The van der Waals surface area contributed by atoms with Gasteiger partial charge in [0, 0.05) is 13.2 Å². The Balaban J connectivity index is 3.00. The molecule has 0 bridgehead atoms. The Kier molecular flexibility index (Phi) is 4.83. The molecule has 2 nitrogen and oxygen atoms in total. The summed E-state index contributed by atoms with van der Waals surface area (Å²) < 4.78 is 31.4. The van der Waals surface area contributed by atoms with Crippen molar-refractivity contribution in [2.45, 2.75) is 26.0 Å². The fourth-order valence-electron chi connectivity index (χ4n) is 1.67. The van der Waals surface area contributed by atoms with Crippen LogP contribution in [0.1, 0.15) is 25.5 Å². The minimum Gasteiger partial charge on any atom is -0.380 e. The molecule has 0 heterocycles. The molecule has 1 aromatic rings. The highest BCUT2D eigenvalue weighted by molar-refractivity contribution is 5.22. The number of likely N-dealkylation sites (N-methyl/N-ethyl adjacent to an activating group) is 1. The Morgan fingerprint density at radius 1 is 1.25 bits per heavy atom. The Morgan fingerprint density at radius 3 is 2.25 bits per heavy atom. The quantitative estimate of drug-likeness (QED) is 0.838. The summed E-state index contributed by atoms with van der Waals surface area (Å²) >= 11 is 0. The summed E-state index contributed by atoms with van der Waals surface area (Å²) in [4.78, 5) is 0. The third kappa shape index (κ3) is 3.25. The SMILES string of the molecule is CCNC(c1cc(F)cc(F)c1)C(C)OC. The minimum absolute atomic E-state index is 0.152. The fraction of sp³-hybridized carbons (Fsp3) is 0.500. The van der Waals surface area contributed by atoms with E-state index >= 15 is 0 Å². The number of halogens is 2. The van der Waals surface area contributed by atoms with Crippen LogP contribution in [0.3, 0.4) is 0 Å². The van der Waals surface area contributed by atoms with E-state index in [1.165, 1.54) is 12.1 Å². The van der Waals surface area contributed by atoms with Crippen molar-refractivity contribution in [1.82, 2.24) is 5.32 Å². The lowest BCUT2D eigenvalue weighted by molar-refractivity contribution is 0.0834. The smallest absolute Gasteiger partial charge is 0.126 e. The van der Waals surface area contributed by atoms with Crippen LogP contribution in [0.2, 0.25) is 0 Å². The molecule has 0 aliphatic heterocycles. The highest BCUT2D eigenvalue weighted by atomic mass is 19.1. The van der Waals surface area contributed by atoms with E-state index in [0.29, 0.717) is 12.1 Å². The molecule has 16 heavy (non-hydrogen) atoms. The predicted molar refractivity (Wildman–Crippen MR) is 59.2 cm³/mol. The molecule has 1 aromatic carbocycles. The van der Waals surface area contributed by atoms with Gasteiger partial charge in [-0.25, -0.2) is 8.78 Å². The van der Waals surface area contributed by atoms with Crippen LogP contribution in [0, 0.1) is 11.6 Å². The van der Waals surface area contributed by atoms with Crippen LogP contribution in [-0.2, 0) is 4.74 Å². The Bertz CT molecular complexity index is 324. The van der Waals surface area contributed by atoms with Crippen molar-refractivity contribution >= 4 is 0 Å². The lowest BCUT2D eigenvalue weighted by Gasteiger charge is -2.24. The van der Waals surface area contributed by atoms with Crippen molar-refractivity contribution in [3.8, 4) is 0 Å². The van der Waals surface area contributed by atoms with Crippen molar-refractivity contribution in [3.63, 3.8) is 0 Å². The van der Waals surface area contributed by atoms with Gasteiger partial charge in [0.15, 0.2) is 0 Å². The summed E-state index contributed by atoms with van der Waals surface area (Å²) in [5, 5.41) is 3.15. The van der Waals surface area contributed by atoms with Gasteiger partial charge in [-0.1, -0.05) is 6.92 Å². The van der Waals surface area contributed by atoms with Gasteiger partial charge in [0.2, 0.25) is 0 Å². The number of hydrogen-bond donors (Lipinski definition) is 1. The van der Waals surface area contributed by atoms with Crippen molar-refractivity contribution in [1.29, 1.82) is 0 Å². The molecule has 0 saturated heterocycles. The molecule has 0 fully saturated rings.